The van der Waals surface area contributed by atoms with Crippen molar-refractivity contribution in [1.29, 1.82) is 0 Å². The number of hydrogen-bond acceptors (Lipinski definition) is 1. The summed E-state index contributed by atoms with van der Waals surface area (Å²) in [7, 11) is 0. The fourth-order valence-electron chi connectivity index (χ4n) is 2.04. The van der Waals surface area contributed by atoms with E-state index < -0.39 is 0 Å². The topological polar surface area (TPSA) is 12.0 Å². The molecule has 0 saturated carbocycles. The molecule has 1 unspecified atom stereocenters. The third-order valence-corrected chi connectivity index (χ3v) is 3.29. The highest BCUT2D eigenvalue weighted by Crippen LogP contribution is 2.23. The second kappa shape index (κ2) is 7.73. The van der Waals surface area contributed by atoms with Crippen molar-refractivity contribution in [2.75, 3.05) is 6.54 Å². The second-order valence-electron chi connectivity index (χ2n) is 4.93. The third kappa shape index (κ3) is 5.10. The summed E-state index contributed by atoms with van der Waals surface area (Å²) in [6.45, 7) is 7.84. The minimum atomic E-state index is 0.434. The molecule has 0 aliphatic rings. The molecule has 1 rings (SSSR count). The summed E-state index contributed by atoms with van der Waals surface area (Å²) in [6.07, 6.45) is 3.83. The second-order valence-corrected chi connectivity index (χ2v) is 5.37. The fourth-order valence-corrected chi connectivity index (χ4v) is 2.17. The standard InChI is InChI=1S/C15H24ClN/c1-4-5-6-11-17-15(12(2)3)13-7-9-14(16)10-8-13/h7-10,12,15,17H,4-6,11H2,1-3H3. The first-order valence-electron chi connectivity index (χ1n) is 6.64. The van der Waals surface area contributed by atoms with Crippen LogP contribution in [-0.2, 0) is 0 Å². The number of rotatable bonds is 7. The van der Waals surface area contributed by atoms with Gasteiger partial charge in [0, 0.05) is 11.1 Å². The first-order chi connectivity index (χ1) is 8.15. The maximum absolute atomic E-state index is 5.92. The molecule has 0 radical (unpaired) electrons. The van der Waals surface area contributed by atoms with E-state index in [0.29, 0.717) is 12.0 Å². The summed E-state index contributed by atoms with van der Waals surface area (Å²) in [5.41, 5.74) is 1.33. The summed E-state index contributed by atoms with van der Waals surface area (Å²) in [5, 5.41) is 4.45. The van der Waals surface area contributed by atoms with E-state index in [-0.39, 0.29) is 0 Å². The Labute approximate surface area is 111 Å². The van der Waals surface area contributed by atoms with Crippen LogP contribution in [0.3, 0.4) is 0 Å². The Balaban J connectivity index is 2.56. The normalized spacial score (nSPS) is 13.0. The van der Waals surface area contributed by atoms with E-state index in [2.05, 4.69) is 38.2 Å². The molecule has 1 atom stereocenters. The zero-order valence-electron chi connectivity index (χ0n) is 11.2. The molecule has 0 aromatic heterocycles. The van der Waals surface area contributed by atoms with E-state index in [1.54, 1.807) is 0 Å². The molecule has 17 heavy (non-hydrogen) atoms. The number of halogens is 1. The molecule has 2 heteroatoms. The smallest absolute Gasteiger partial charge is 0.0406 e. The minimum Gasteiger partial charge on any atom is -0.310 e. The molecule has 0 heterocycles. The van der Waals surface area contributed by atoms with Gasteiger partial charge < -0.3 is 5.32 Å². The predicted molar refractivity (Wildman–Crippen MR) is 76.6 cm³/mol. The van der Waals surface area contributed by atoms with Crippen LogP contribution in [0.15, 0.2) is 24.3 Å². The summed E-state index contributed by atoms with van der Waals surface area (Å²) in [5.74, 6) is 0.595. The average molecular weight is 254 g/mol. The van der Waals surface area contributed by atoms with Gasteiger partial charge in [-0.2, -0.15) is 0 Å². The van der Waals surface area contributed by atoms with Crippen LogP contribution in [0.25, 0.3) is 0 Å². The molecule has 1 aromatic rings. The van der Waals surface area contributed by atoms with Crippen LogP contribution < -0.4 is 5.32 Å². The Morgan fingerprint density at radius 2 is 1.76 bits per heavy atom. The quantitative estimate of drug-likeness (QED) is 0.687. The van der Waals surface area contributed by atoms with Crippen LogP contribution in [0.5, 0.6) is 0 Å². The van der Waals surface area contributed by atoms with Crippen molar-refractivity contribution in [2.24, 2.45) is 5.92 Å². The maximum atomic E-state index is 5.92. The molecular formula is C15H24ClN. The molecule has 0 fully saturated rings. The highest BCUT2D eigenvalue weighted by atomic mass is 35.5. The number of hydrogen-bond donors (Lipinski definition) is 1. The molecule has 1 N–H and O–H groups in total. The van der Waals surface area contributed by atoms with E-state index >= 15 is 0 Å². The van der Waals surface area contributed by atoms with Crippen molar-refractivity contribution in [2.45, 2.75) is 46.1 Å². The molecule has 1 nitrogen and oxygen atoms in total. The first-order valence-corrected chi connectivity index (χ1v) is 7.01. The van der Waals surface area contributed by atoms with Crippen molar-refractivity contribution in [3.05, 3.63) is 34.9 Å². The van der Waals surface area contributed by atoms with Crippen LogP contribution in [-0.4, -0.2) is 6.54 Å². The molecule has 1 aromatic carbocycles. The largest absolute Gasteiger partial charge is 0.310 e. The van der Waals surface area contributed by atoms with Gasteiger partial charge in [-0.1, -0.05) is 57.3 Å². The lowest BCUT2D eigenvalue weighted by Gasteiger charge is -2.23. The van der Waals surface area contributed by atoms with Gasteiger partial charge in [0.25, 0.3) is 0 Å². The Morgan fingerprint density at radius 3 is 2.29 bits per heavy atom. The van der Waals surface area contributed by atoms with Crippen molar-refractivity contribution in [3.8, 4) is 0 Å². The summed E-state index contributed by atoms with van der Waals surface area (Å²) in [4.78, 5) is 0. The summed E-state index contributed by atoms with van der Waals surface area (Å²) < 4.78 is 0. The van der Waals surface area contributed by atoms with E-state index in [1.807, 2.05) is 12.1 Å². The average Bonchev–Trinajstić information content (AvgIpc) is 2.30. The monoisotopic (exact) mass is 253 g/mol. The van der Waals surface area contributed by atoms with Crippen molar-refractivity contribution >= 4 is 11.6 Å². The molecule has 0 amide bonds. The highest BCUT2D eigenvalue weighted by Gasteiger charge is 2.14. The lowest BCUT2D eigenvalue weighted by molar-refractivity contribution is 0.406. The van der Waals surface area contributed by atoms with Gasteiger partial charge in [0.15, 0.2) is 0 Å². The van der Waals surface area contributed by atoms with E-state index in [4.69, 9.17) is 11.6 Å². The van der Waals surface area contributed by atoms with Crippen LogP contribution in [0, 0.1) is 5.92 Å². The first kappa shape index (κ1) is 14.5. The zero-order valence-corrected chi connectivity index (χ0v) is 11.9. The lowest BCUT2D eigenvalue weighted by Crippen LogP contribution is -2.26. The van der Waals surface area contributed by atoms with Crippen molar-refractivity contribution in [1.82, 2.24) is 5.32 Å². The molecule has 0 saturated heterocycles. The Morgan fingerprint density at radius 1 is 1.12 bits per heavy atom. The van der Waals surface area contributed by atoms with Crippen LogP contribution >= 0.6 is 11.6 Å². The molecule has 0 aliphatic heterocycles. The van der Waals surface area contributed by atoms with Gasteiger partial charge in [0.1, 0.15) is 0 Å². The van der Waals surface area contributed by atoms with Gasteiger partial charge in [-0.05, 0) is 36.6 Å². The lowest BCUT2D eigenvalue weighted by atomic mass is 9.96. The maximum Gasteiger partial charge on any atom is 0.0406 e. The van der Waals surface area contributed by atoms with Crippen molar-refractivity contribution < 1.29 is 0 Å². The Hall–Kier alpha value is -0.530. The fraction of sp³-hybridized carbons (Fsp3) is 0.600. The molecule has 0 aliphatic carbocycles. The van der Waals surface area contributed by atoms with Gasteiger partial charge in [-0.3, -0.25) is 0 Å². The summed E-state index contributed by atoms with van der Waals surface area (Å²) in [6, 6.07) is 8.63. The van der Waals surface area contributed by atoms with Gasteiger partial charge in [-0.25, -0.2) is 0 Å². The van der Waals surface area contributed by atoms with Crippen molar-refractivity contribution in [3.63, 3.8) is 0 Å². The highest BCUT2D eigenvalue weighted by molar-refractivity contribution is 6.30. The predicted octanol–water partition coefficient (Wildman–Crippen LogP) is 4.82. The zero-order chi connectivity index (χ0) is 12.7. The van der Waals surface area contributed by atoms with Gasteiger partial charge in [-0.15, -0.1) is 0 Å². The molecule has 96 valence electrons. The number of nitrogens with one attached hydrogen (secondary N) is 1. The number of benzene rings is 1. The van der Waals surface area contributed by atoms with Crippen LogP contribution in [0.4, 0.5) is 0 Å². The van der Waals surface area contributed by atoms with E-state index in [1.165, 1.54) is 24.8 Å². The molecular weight excluding hydrogens is 230 g/mol. The minimum absolute atomic E-state index is 0.434. The van der Waals surface area contributed by atoms with Gasteiger partial charge >= 0.3 is 0 Å². The Bertz CT molecular complexity index is 305. The van der Waals surface area contributed by atoms with Crippen LogP contribution in [0.2, 0.25) is 5.02 Å². The summed E-state index contributed by atoms with van der Waals surface area (Å²) >= 11 is 5.92. The van der Waals surface area contributed by atoms with E-state index in [0.717, 1.165) is 11.6 Å². The molecule has 0 bridgehead atoms. The SMILES string of the molecule is CCCCCNC(c1ccc(Cl)cc1)C(C)C. The van der Waals surface area contributed by atoms with Gasteiger partial charge in [0.05, 0.1) is 0 Å². The third-order valence-electron chi connectivity index (χ3n) is 3.04. The molecule has 0 spiro atoms. The Kier molecular flexibility index (Phi) is 6.61. The van der Waals surface area contributed by atoms with Crippen LogP contribution in [0.1, 0.15) is 51.6 Å². The van der Waals surface area contributed by atoms with E-state index in [9.17, 15) is 0 Å². The number of unbranched alkanes of at least 4 members (excludes halogenated alkanes) is 2. The van der Waals surface area contributed by atoms with Gasteiger partial charge in [0.2, 0.25) is 0 Å².